The second-order valence-corrected chi connectivity index (χ2v) is 7.59. The van der Waals surface area contributed by atoms with Crippen molar-refractivity contribution in [3.05, 3.63) is 53.9 Å². The Morgan fingerprint density at radius 1 is 1.15 bits per heavy atom. The maximum atomic E-state index is 13.3. The first-order valence-corrected chi connectivity index (χ1v) is 10.8. The van der Waals surface area contributed by atoms with Crippen molar-refractivity contribution < 1.29 is 19.1 Å². The summed E-state index contributed by atoms with van der Waals surface area (Å²) in [6.07, 6.45) is 2.86. The second kappa shape index (κ2) is 9.68. The van der Waals surface area contributed by atoms with Crippen LogP contribution < -0.4 is 14.8 Å². The van der Waals surface area contributed by atoms with Crippen molar-refractivity contribution in [2.45, 2.75) is 32.7 Å². The molecule has 2 amide bonds. The zero-order valence-corrected chi connectivity index (χ0v) is 18.8. The van der Waals surface area contributed by atoms with Gasteiger partial charge in [-0.3, -0.25) is 9.59 Å². The molecule has 2 aromatic heterocycles. The summed E-state index contributed by atoms with van der Waals surface area (Å²) in [5.41, 5.74) is 1.70. The molecule has 0 unspecified atom stereocenters. The summed E-state index contributed by atoms with van der Waals surface area (Å²) in [7, 11) is 1.59. The minimum Gasteiger partial charge on any atom is -0.497 e. The highest BCUT2D eigenvalue weighted by Gasteiger charge is 2.36. The Morgan fingerprint density at radius 3 is 2.61 bits per heavy atom. The molecule has 0 spiro atoms. The summed E-state index contributed by atoms with van der Waals surface area (Å²) in [5, 5.41) is 15.4. The van der Waals surface area contributed by atoms with E-state index in [1.54, 1.807) is 60.0 Å². The van der Waals surface area contributed by atoms with Gasteiger partial charge in [-0.05, 0) is 57.0 Å². The molecular formula is C23H26N6O4. The molecule has 172 valence electrons. The van der Waals surface area contributed by atoms with Crippen molar-refractivity contribution in [2.24, 2.45) is 0 Å². The van der Waals surface area contributed by atoms with E-state index in [1.165, 1.54) is 6.20 Å². The molecule has 1 aromatic carbocycles. The fourth-order valence-electron chi connectivity index (χ4n) is 3.84. The van der Waals surface area contributed by atoms with Crippen molar-refractivity contribution in [2.75, 3.05) is 25.6 Å². The standard InChI is InChI=1S/C23H26N6O4/c1-4-33-21-12-11-20(26-27-21)29-15(2)18(14-24-29)23(31)28-13-5-6-19(28)22(30)25-16-7-9-17(32-3)10-8-16/h7-12,14,19H,4-6,13H2,1-3H3,(H,25,30)/t19-/m1/s1. The van der Waals surface area contributed by atoms with Crippen molar-refractivity contribution in [1.29, 1.82) is 0 Å². The molecule has 0 bridgehead atoms. The van der Waals surface area contributed by atoms with E-state index in [1.807, 2.05) is 6.92 Å². The Morgan fingerprint density at radius 2 is 1.94 bits per heavy atom. The van der Waals surface area contributed by atoms with E-state index in [2.05, 4.69) is 20.6 Å². The lowest BCUT2D eigenvalue weighted by Gasteiger charge is -2.24. The first-order valence-electron chi connectivity index (χ1n) is 10.8. The van der Waals surface area contributed by atoms with Gasteiger partial charge in [-0.1, -0.05) is 0 Å². The lowest BCUT2D eigenvalue weighted by atomic mass is 10.1. The minimum absolute atomic E-state index is 0.214. The molecule has 33 heavy (non-hydrogen) atoms. The molecule has 3 heterocycles. The number of ether oxygens (including phenoxy) is 2. The van der Waals surface area contributed by atoms with E-state index in [0.717, 1.165) is 6.42 Å². The average molecular weight is 450 g/mol. The Kier molecular flexibility index (Phi) is 6.53. The van der Waals surface area contributed by atoms with E-state index in [4.69, 9.17) is 9.47 Å². The molecule has 0 radical (unpaired) electrons. The van der Waals surface area contributed by atoms with Crippen molar-refractivity contribution in [1.82, 2.24) is 24.9 Å². The third-order valence-electron chi connectivity index (χ3n) is 5.55. The number of likely N-dealkylation sites (tertiary alicyclic amines) is 1. The maximum absolute atomic E-state index is 13.3. The fourth-order valence-corrected chi connectivity index (χ4v) is 3.84. The first kappa shape index (κ1) is 22.3. The van der Waals surface area contributed by atoms with E-state index < -0.39 is 6.04 Å². The van der Waals surface area contributed by atoms with Crippen LogP contribution in [0.15, 0.2) is 42.6 Å². The number of amides is 2. The number of nitrogens with zero attached hydrogens (tertiary/aromatic N) is 5. The number of carbonyl (C=O) groups excluding carboxylic acids is 2. The Balaban J connectivity index is 1.49. The number of hydrogen-bond acceptors (Lipinski definition) is 7. The number of aromatic nitrogens is 4. The lowest BCUT2D eigenvalue weighted by molar-refractivity contribution is -0.119. The first-order chi connectivity index (χ1) is 16.0. The SMILES string of the molecule is CCOc1ccc(-n2ncc(C(=O)N3CCC[C@@H]3C(=O)Nc3ccc(OC)cc3)c2C)nn1. The molecule has 10 nitrogen and oxygen atoms in total. The molecule has 0 aliphatic carbocycles. The second-order valence-electron chi connectivity index (χ2n) is 7.59. The van der Waals surface area contributed by atoms with Gasteiger partial charge in [0.1, 0.15) is 11.8 Å². The average Bonchev–Trinajstić information content (AvgIpc) is 3.47. The lowest BCUT2D eigenvalue weighted by Crippen LogP contribution is -2.43. The highest BCUT2D eigenvalue weighted by Crippen LogP contribution is 2.24. The molecule has 1 N–H and O–H groups in total. The molecule has 1 fully saturated rings. The number of benzene rings is 1. The van der Waals surface area contributed by atoms with Crippen LogP contribution in [0.2, 0.25) is 0 Å². The summed E-state index contributed by atoms with van der Waals surface area (Å²) >= 11 is 0. The zero-order chi connectivity index (χ0) is 23.4. The van der Waals surface area contributed by atoms with Gasteiger partial charge < -0.3 is 19.7 Å². The maximum Gasteiger partial charge on any atom is 0.258 e. The molecule has 3 aromatic rings. The number of methoxy groups -OCH3 is 1. The van der Waals surface area contributed by atoms with Crippen LogP contribution in [0.4, 0.5) is 5.69 Å². The predicted octanol–water partition coefficient (Wildman–Crippen LogP) is 2.62. The number of hydrogen-bond donors (Lipinski definition) is 1. The number of nitrogens with one attached hydrogen (secondary N) is 1. The summed E-state index contributed by atoms with van der Waals surface area (Å²) in [5.74, 6) is 1.16. The van der Waals surface area contributed by atoms with Crippen LogP contribution in [0.3, 0.4) is 0 Å². The Bertz CT molecular complexity index is 1130. The third kappa shape index (κ3) is 4.64. The summed E-state index contributed by atoms with van der Waals surface area (Å²) in [4.78, 5) is 27.9. The molecule has 1 atom stereocenters. The minimum atomic E-state index is -0.549. The highest BCUT2D eigenvalue weighted by atomic mass is 16.5. The van der Waals surface area contributed by atoms with E-state index in [9.17, 15) is 9.59 Å². The summed E-state index contributed by atoms with van der Waals surface area (Å²) < 4.78 is 12.0. The van der Waals surface area contributed by atoms with Gasteiger partial charge in [0.2, 0.25) is 11.8 Å². The van der Waals surface area contributed by atoms with E-state index in [-0.39, 0.29) is 11.8 Å². The van der Waals surface area contributed by atoms with Crippen LogP contribution in [0.5, 0.6) is 11.6 Å². The van der Waals surface area contributed by atoms with Gasteiger partial charge in [0.25, 0.3) is 5.91 Å². The van der Waals surface area contributed by atoms with Gasteiger partial charge in [0.15, 0.2) is 5.82 Å². The van der Waals surface area contributed by atoms with Gasteiger partial charge >= 0.3 is 0 Å². The van der Waals surface area contributed by atoms with Gasteiger partial charge in [0.05, 0.1) is 31.2 Å². The van der Waals surface area contributed by atoms with Crippen LogP contribution in [0.25, 0.3) is 5.82 Å². The normalized spacial score (nSPS) is 15.4. The van der Waals surface area contributed by atoms with E-state index in [0.29, 0.717) is 54.0 Å². The fraction of sp³-hybridized carbons (Fsp3) is 0.348. The zero-order valence-electron chi connectivity index (χ0n) is 18.8. The van der Waals surface area contributed by atoms with Crippen LogP contribution in [-0.2, 0) is 4.79 Å². The van der Waals surface area contributed by atoms with Crippen molar-refractivity contribution in [3.8, 4) is 17.4 Å². The number of anilines is 1. The van der Waals surface area contributed by atoms with Crippen LogP contribution in [0, 0.1) is 6.92 Å². The molecule has 1 saturated heterocycles. The van der Waals surface area contributed by atoms with Crippen molar-refractivity contribution in [3.63, 3.8) is 0 Å². The van der Waals surface area contributed by atoms with Crippen LogP contribution in [0.1, 0.15) is 35.8 Å². The quantitative estimate of drug-likeness (QED) is 0.589. The monoisotopic (exact) mass is 450 g/mol. The molecule has 1 aliphatic rings. The third-order valence-corrected chi connectivity index (χ3v) is 5.55. The van der Waals surface area contributed by atoms with Crippen LogP contribution in [-0.4, -0.2) is 63.0 Å². The van der Waals surface area contributed by atoms with E-state index >= 15 is 0 Å². The molecule has 10 heteroatoms. The number of carbonyl (C=O) groups is 2. The van der Waals surface area contributed by atoms with Gasteiger partial charge in [0, 0.05) is 18.3 Å². The van der Waals surface area contributed by atoms with Gasteiger partial charge in [-0.15, -0.1) is 10.2 Å². The smallest absolute Gasteiger partial charge is 0.258 e. The summed E-state index contributed by atoms with van der Waals surface area (Å²) in [6, 6.07) is 9.96. The Labute approximate surface area is 191 Å². The Hall–Kier alpha value is -3.95. The largest absolute Gasteiger partial charge is 0.497 e. The summed E-state index contributed by atoms with van der Waals surface area (Å²) in [6.45, 7) is 4.67. The predicted molar refractivity (Wildman–Crippen MR) is 121 cm³/mol. The van der Waals surface area contributed by atoms with Gasteiger partial charge in [-0.25, -0.2) is 4.68 Å². The highest BCUT2D eigenvalue weighted by molar-refractivity contribution is 6.02. The number of rotatable bonds is 7. The van der Waals surface area contributed by atoms with Gasteiger partial charge in [-0.2, -0.15) is 5.10 Å². The topological polar surface area (TPSA) is 111 Å². The molecule has 4 rings (SSSR count). The van der Waals surface area contributed by atoms with Crippen molar-refractivity contribution >= 4 is 17.5 Å². The van der Waals surface area contributed by atoms with Crippen LogP contribution >= 0.6 is 0 Å². The molecule has 0 saturated carbocycles. The molecule has 1 aliphatic heterocycles. The molecular weight excluding hydrogens is 424 g/mol.